The van der Waals surface area contributed by atoms with Crippen LogP contribution >= 0.6 is 0 Å². The second-order valence-electron chi connectivity index (χ2n) is 6.65. The molecule has 0 fully saturated rings. The molecule has 0 unspecified atom stereocenters. The number of hydrogen-bond donors (Lipinski definition) is 2. The Kier molecular flexibility index (Phi) is 5.31. The molecule has 1 heterocycles. The number of aromatic amines is 1. The van der Waals surface area contributed by atoms with Gasteiger partial charge in [0.2, 0.25) is 10.0 Å². The van der Waals surface area contributed by atoms with Gasteiger partial charge in [-0.3, -0.25) is 14.2 Å². The summed E-state index contributed by atoms with van der Waals surface area (Å²) in [6.45, 7) is 0.385. The van der Waals surface area contributed by atoms with Gasteiger partial charge in [0, 0.05) is 18.3 Å². The molecular formula is C18H24N4O3S. The van der Waals surface area contributed by atoms with Gasteiger partial charge >= 0.3 is 0 Å². The molecule has 8 heteroatoms. The van der Waals surface area contributed by atoms with Gasteiger partial charge in [0.15, 0.2) is 0 Å². The van der Waals surface area contributed by atoms with Gasteiger partial charge in [-0.05, 0) is 55.5 Å². The highest BCUT2D eigenvalue weighted by Crippen LogP contribution is 2.21. The Labute approximate surface area is 153 Å². The van der Waals surface area contributed by atoms with Crippen molar-refractivity contribution in [1.82, 2.24) is 15.5 Å². The number of sulfonamides is 1. The first kappa shape index (κ1) is 18.4. The minimum absolute atomic E-state index is 0.205. The lowest BCUT2D eigenvalue weighted by Gasteiger charge is -2.16. The van der Waals surface area contributed by atoms with Crippen LogP contribution in [0.1, 0.15) is 46.6 Å². The highest BCUT2D eigenvalue weighted by molar-refractivity contribution is 7.92. The molecule has 26 heavy (non-hydrogen) atoms. The second kappa shape index (κ2) is 7.49. The molecule has 0 bridgehead atoms. The van der Waals surface area contributed by atoms with Gasteiger partial charge in [0.25, 0.3) is 5.91 Å². The Morgan fingerprint density at radius 2 is 1.88 bits per heavy atom. The smallest absolute Gasteiger partial charge is 0.251 e. The maximum atomic E-state index is 12.4. The van der Waals surface area contributed by atoms with Crippen LogP contribution in [0, 0.1) is 0 Å². The van der Waals surface area contributed by atoms with Gasteiger partial charge < -0.3 is 5.32 Å². The maximum Gasteiger partial charge on any atom is 0.251 e. The first-order chi connectivity index (χ1) is 12.4. The largest absolute Gasteiger partial charge is 0.346 e. The SMILES string of the molecule is CN(c1ccc(C(=O)NCc2n[nH]c3c2CCCCC3)cc1)S(C)(=O)=O. The lowest BCUT2D eigenvalue weighted by Crippen LogP contribution is -2.25. The molecule has 1 aromatic heterocycles. The summed E-state index contributed by atoms with van der Waals surface area (Å²) in [6, 6.07) is 6.49. The van der Waals surface area contributed by atoms with Crippen molar-refractivity contribution in [2.45, 2.75) is 38.6 Å². The quantitative estimate of drug-likeness (QED) is 0.780. The lowest BCUT2D eigenvalue weighted by atomic mass is 10.1. The second-order valence-corrected chi connectivity index (χ2v) is 8.66. The summed E-state index contributed by atoms with van der Waals surface area (Å²) in [7, 11) is -1.84. The average Bonchev–Trinajstić information content (AvgIpc) is 2.84. The third-order valence-electron chi connectivity index (χ3n) is 4.80. The van der Waals surface area contributed by atoms with Crippen molar-refractivity contribution in [2.75, 3.05) is 17.6 Å². The third-order valence-corrected chi connectivity index (χ3v) is 6.00. The molecule has 2 N–H and O–H groups in total. The van der Waals surface area contributed by atoms with Crippen LogP contribution in [-0.4, -0.2) is 37.8 Å². The predicted octanol–water partition coefficient (Wildman–Crippen LogP) is 2.00. The molecule has 1 aromatic carbocycles. The molecule has 0 radical (unpaired) electrons. The Balaban J connectivity index is 1.65. The maximum absolute atomic E-state index is 12.4. The van der Waals surface area contributed by atoms with Crippen LogP contribution in [-0.2, 0) is 29.4 Å². The monoisotopic (exact) mass is 376 g/mol. The van der Waals surface area contributed by atoms with E-state index in [9.17, 15) is 13.2 Å². The van der Waals surface area contributed by atoms with Crippen molar-refractivity contribution in [3.63, 3.8) is 0 Å². The minimum Gasteiger partial charge on any atom is -0.346 e. The van der Waals surface area contributed by atoms with Gasteiger partial charge in [-0.15, -0.1) is 0 Å². The van der Waals surface area contributed by atoms with Crippen molar-refractivity contribution >= 4 is 21.6 Å². The number of carbonyl (C=O) groups excluding carboxylic acids is 1. The minimum atomic E-state index is -3.32. The van der Waals surface area contributed by atoms with Crippen LogP contribution in [0.2, 0.25) is 0 Å². The predicted molar refractivity (Wildman–Crippen MR) is 101 cm³/mol. The number of hydrogen-bond acceptors (Lipinski definition) is 4. The van der Waals surface area contributed by atoms with Gasteiger partial charge in [0.1, 0.15) is 0 Å². The van der Waals surface area contributed by atoms with E-state index in [0.29, 0.717) is 17.8 Å². The summed E-state index contributed by atoms with van der Waals surface area (Å²) in [4.78, 5) is 12.4. The van der Waals surface area contributed by atoms with Crippen LogP contribution in [0.3, 0.4) is 0 Å². The zero-order chi connectivity index (χ0) is 18.7. The fourth-order valence-corrected chi connectivity index (χ4v) is 3.66. The summed E-state index contributed by atoms with van der Waals surface area (Å²) >= 11 is 0. The molecule has 140 valence electrons. The standard InChI is InChI=1S/C18H24N4O3S/c1-22(26(2,24)25)14-10-8-13(9-11-14)18(23)19-12-17-15-6-4-3-5-7-16(15)20-21-17/h8-11H,3-7,12H2,1-2H3,(H,19,23)(H,20,21). The molecule has 2 aromatic rings. The Morgan fingerprint density at radius 1 is 1.19 bits per heavy atom. The number of fused-ring (bicyclic) bond motifs is 1. The Morgan fingerprint density at radius 3 is 2.58 bits per heavy atom. The van der Waals surface area contributed by atoms with Crippen LogP contribution in [0.25, 0.3) is 0 Å². The number of nitrogens with zero attached hydrogens (tertiary/aromatic N) is 2. The summed E-state index contributed by atoms with van der Waals surface area (Å²) in [6.07, 6.45) is 6.72. The number of H-pyrrole nitrogens is 1. The van der Waals surface area contributed by atoms with Crippen LogP contribution in [0.5, 0.6) is 0 Å². The number of amides is 1. The van der Waals surface area contributed by atoms with Gasteiger partial charge in [-0.25, -0.2) is 8.42 Å². The van der Waals surface area contributed by atoms with E-state index in [-0.39, 0.29) is 5.91 Å². The van der Waals surface area contributed by atoms with E-state index in [1.807, 2.05) is 0 Å². The zero-order valence-corrected chi connectivity index (χ0v) is 15.9. The van der Waals surface area contributed by atoms with Crippen LogP contribution < -0.4 is 9.62 Å². The molecule has 0 atom stereocenters. The van der Waals surface area contributed by atoms with E-state index >= 15 is 0 Å². The molecule has 1 aliphatic carbocycles. The summed E-state index contributed by atoms with van der Waals surface area (Å²) < 4.78 is 24.3. The summed E-state index contributed by atoms with van der Waals surface area (Å²) in [5, 5.41) is 10.4. The molecule has 0 saturated carbocycles. The number of nitrogens with one attached hydrogen (secondary N) is 2. The molecule has 0 saturated heterocycles. The van der Waals surface area contributed by atoms with Crippen molar-refractivity contribution in [3.05, 3.63) is 46.8 Å². The van der Waals surface area contributed by atoms with Gasteiger partial charge in [-0.2, -0.15) is 5.10 Å². The lowest BCUT2D eigenvalue weighted by molar-refractivity contribution is 0.0950. The average molecular weight is 376 g/mol. The molecular weight excluding hydrogens is 352 g/mol. The first-order valence-electron chi connectivity index (χ1n) is 8.73. The van der Waals surface area contributed by atoms with Crippen molar-refractivity contribution in [1.29, 1.82) is 0 Å². The van der Waals surface area contributed by atoms with Gasteiger partial charge in [0.05, 0.1) is 24.2 Å². The fraction of sp³-hybridized carbons (Fsp3) is 0.444. The molecule has 7 nitrogen and oxygen atoms in total. The molecule has 3 rings (SSSR count). The number of aryl methyl sites for hydroxylation is 1. The van der Waals surface area contributed by atoms with E-state index in [4.69, 9.17) is 0 Å². The third kappa shape index (κ3) is 4.07. The highest BCUT2D eigenvalue weighted by atomic mass is 32.2. The van der Waals surface area contributed by atoms with E-state index < -0.39 is 10.0 Å². The topological polar surface area (TPSA) is 95.2 Å². The summed E-state index contributed by atoms with van der Waals surface area (Å²) in [5.41, 5.74) is 4.34. The first-order valence-corrected chi connectivity index (χ1v) is 10.6. The Hall–Kier alpha value is -2.35. The van der Waals surface area contributed by atoms with Crippen LogP contribution in [0.15, 0.2) is 24.3 Å². The molecule has 1 aliphatic rings. The fourth-order valence-electron chi connectivity index (χ4n) is 3.15. The molecule has 0 spiro atoms. The summed E-state index contributed by atoms with van der Waals surface area (Å²) in [5.74, 6) is -0.205. The van der Waals surface area contributed by atoms with Crippen molar-refractivity contribution in [3.8, 4) is 0 Å². The van der Waals surface area contributed by atoms with Crippen molar-refractivity contribution < 1.29 is 13.2 Å². The molecule has 0 aliphatic heterocycles. The van der Waals surface area contributed by atoms with Crippen LogP contribution in [0.4, 0.5) is 5.69 Å². The van der Waals surface area contributed by atoms with Gasteiger partial charge in [-0.1, -0.05) is 6.42 Å². The number of aromatic nitrogens is 2. The normalized spacial score (nSPS) is 14.4. The Bertz CT molecular complexity index is 888. The number of rotatable bonds is 5. The van der Waals surface area contributed by atoms with E-state index in [1.165, 1.54) is 35.5 Å². The highest BCUT2D eigenvalue weighted by Gasteiger charge is 2.17. The number of benzene rings is 1. The van der Waals surface area contributed by atoms with E-state index in [1.54, 1.807) is 24.3 Å². The van der Waals surface area contributed by atoms with E-state index in [0.717, 1.165) is 31.2 Å². The van der Waals surface area contributed by atoms with Crippen molar-refractivity contribution in [2.24, 2.45) is 0 Å². The van der Waals surface area contributed by atoms with E-state index in [2.05, 4.69) is 15.5 Å². The number of anilines is 1. The number of carbonyl (C=O) groups is 1. The molecule has 1 amide bonds. The zero-order valence-electron chi connectivity index (χ0n) is 15.1.